The van der Waals surface area contributed by atoms with E-state index in [1.54, 1.807) is 0 Å². The first kappa shape index (κ1) is 18.3. The van der Waals surface area contributed by atoms with Crippen LogP contribution in [0.15, 0.2) is 60.9 Å². The third-order valence-corrected chi connectivity index (χ3v) is 3.46. The number of hydrogen-bond acceptors (Lipinski definition) is 4. The summed E-state index contributed by atoms with van der Waals surface area (Å²) >= 11 is 0. The normalized spacial score (nSPS) is 11.1. The molecule has 0 saturated carbocycles. The van der Waals surface area contributed by atoms with Crippen LogP contribution in [0, 0.1) is 5.82 Å². The average Bonchev–Trinajstić information content (AvgIpc) is 2.64. The number of carbonyl (C=O) groups excluding carboxylic acids is 1. The maximum atomic E-state index is 12.9. The van der Waals surface area contributed by atoms with E-state index < -0.39 is 17.6 Å². The quantitative estimate of drug-likeness (QED) is 0.652. The Morgan fingerprint density at radius 3 is 2.22 bits per heavy atom. The Labute approximate surface area is 151 Å². The van der Waals surface area contributed by atoms with Crippen LogP contribution in [0.2, 0.25) is 0 Å². The summed E-state index contributed by atoms with van der Waals surface area (Å²) in [5.41, 5.74) is -0.242. The lowest BCUT2D eigenvalue weighted by Crippen LogP contribution is -2.14. The van der Waals surface area contributed by atoms with Gasteiger partial charge in [-0.2, -0.15) is 13.2 Å². The maximum Gasteiger partial charge on any atom is 0.416 e. The number of alkyl halides is 3. The Morgan fingerprint density at radius 2 is 1.59 bits per heavy atom. The van der Waals surface area contributed by atoms with Gasteiger partial charge >= 0.3 is 6.18 Å². The van der Waals surface area contributed by atoms with Gasteiger partial charge in [0.25, 0.3) is 5.91 Å². The van der Waals surface area contributed by atoms with Crippen LogP contribution in [-0.2, 0) is 6.18 Å². The summed E-state index contributed by atoms with van der Waals surface area (Å²) in [4.78, 5) is 20.1. The van der Waals surface area contributed by atoms with Gasteiger partial charge in [-0.3, -0.25) is 4.79 Å². The number of halogens is 4. The van der Waals surface area contributed by atoms with Crippen molar-refractivity contribution in [1.82, 2.24) is 9.97 Å². The van der Waals surface area contributed by atoms with Crippen LogP contribution in [0.3, 0.4) is 0 Å². The van der Waals surface area contributed by atoms with Crippen LogP contribution in [0.4, 0.5) is 34.9 Å². The fourth-order valence-corrected chi connectivity index (χ4v) is 2.15. The van der Waals surface area contributed by atoms with E-state index in [-0.39, 0.29) is 23.0 Å². The number of rotatable bonds is 4. The first-order valence-electron chi connectivity index (χ1n) is 7.64. The zero-order chi connectivity index (χ0) is 19.4. The van der Waals surface area contributed by atoms with Gasteiger partial charge in [-0.05, 0) is 42.5 Å². The Kier molecular flexibility index (Phi) is 5.02. The predicted molar refractivity (Wildman–Crippen MR) is 91.1 cm³/mol. The summed E-state index contributed by atoms with van der Waals surface area (Å²) in [5.74, 6) is -0.858. The van der Waals surface area contributed by atoms with Gasteiger partial charge in [-0.15, -0.1) is 0 Å². The molecule has 138 valence electrons. The summed E-state index contributed by atoms with van der Waals surface area (Å²) < 4.78 is 51.0. The second-order valence-corrected chi connectivity index (χ2v) is 5.46. The minimum absolute atomic E-state index is 0.00309. The van der Waals surface area contributed by atoms with E-state index in [0.29, 0.717) is 5.69 Å². The molecule has 27 heavy (non-hydrogen) atoms. The lowest BCUT2D eigenvalue weighted by molar-refractivity contribution is -0.137. The Bertz CT molecular complexity index is 941. The molecule has 0 unspecified atom stereocenters. The molecule has 0 atom stereocenters. The molecule has 3 rings (SSSR count). The van der Waals surface area contributed by atoms with E-state index in [2.05, 4.69) is 20.6 Å². The van der Waals surface area contributed by atoms with Gasteiger partial charge < -0.3 is 10.6 Å². The highest BCUT2D eigenvalue weighted by Gasteiger charge is 2.30. The average molecular weight is 376 g/mol. The Balaban J connectivity index is 1.68. The summed E-state index contributed by atoms with van der Waals surface area (Å²) in [7, 11) is 0. The van der Waals surface area contributed by atoms with E-state index >= 15 is 0 Å². The van der Waals surface area contributed by atoms with Crippen molar-refractivity contribution in [1.29, 1.82) is 0 Å². The molecule has 0 aliphatic rings. The molecule has 1 heterocycles. The first-order valence-corrected chi connectivity index (χ1v) is 7.64. The second-order valence-electron chi connectivity index (χ2n) is 5.46. The number of anilines is 3. The van der Waals surface area contributed by atoms with Crippen molar-refractivity contribution in [3.8, 4) is 0 Å². The number of aromatic nitrogens is 2. The molecule has 9 heteroatoms. The molecule has 5 nitrogen and oxygen atoms in total. The summed E-state index contributed by atoms with van der Waals surface area (Å²) in [6.45, 7) is 0. The molecule has 1 amide bonds. The van der Waals surface area contributed by atoms with Gasteiger partial charge in [-0.1, -0.05) is 6.07 Å². The molecule has 0 saturated heterocycles. The molecule has 2 aromatic carbocycles. The summed E-state index contributed by atoms with van der Waals surface area (Å²) in [5, 5.41) is 5.19. The van der Waals surface area contributed by atoms with E-state index in [9.17, 15) is 22.4 Å². The third-order valence-electron chi connectivity index (χ3n) is 3.46. The zero-order valence-electron chi connectivity index (χ0n) is 13.6. The topological polar surface area (TPSA) is 66.9 Å². The maximum absolute atomic E-state index is 12.9. The molecule has 2 N–H and O–H groups in total. The highest BCUT2D eigenvalue weighted by Crippen LogP contribution is 2.30. The standard InChI is InChI=1S/C18H12F4N4O/c19-13-4-6-14(7-5-13)26-17-23-9-11(10-24-17)16(27)25-15-3-1-2-12(8-15)18(20,21)22/h1-10H,(H,25,27)(H,23,24,26). The van der Waals surface area contributed by atoms with Crippen molar-refractivity contribution in [2.24, 2.45) is 0 Å². The van der Waals surface area contributed by atoms with Crippen molar-refractivity contribution in [3.63, 3.8) is 0 Å². The molecule has 0 radical (unpaired) electrons. The Morgan fingerprint density at radius 1 is 0.926 bits per heavy atom. The monoisotopic (exact) mass is 376 g/mol. The van der Waals surface area contributed by atoms with Crippen molar-refractivity contribution >= 4 is 23.2 Å². The lowest BCUT2D eigenvalue weighted by Gasteiger charge is -2.10. The predicted octanol–water partition coefficient (Wildman–Crippen LogP) is 4.63. The minimum atomic E-state index is -4.50. The van der Waals surface area contributed by atoms with Gasteiger partial charge in [0, 0.05) is 23.8 Å². The summed E-state index contributed by atoms with van der Waals surface area (Å²) in [6.07, 6.45) is -2.05. The molecular formula is C18H12F4N4O. The molecule has 0 aliphatic heterocycles. The van der Waals surface area contributed by atoms with Crippen molar-refractivity contribution in [3.05, 3.63) is 77.9 Å². The van der Waals surface area contributed by atoms with Crippen LogP contribution in [0.1, 0.15) is 15.9 Å². The van der Waals surface area contributed by atoms with E-state index in [1.807, 2.05) is 0 Å². The number of nitrogens with one attached hydrogen (secondary N) is 2. The molecular weight excluding hydrogens is 364 g/mol. The van der Waals surface area contributed by atoms with Crippen LogP contribution in [0.5, 0.6) is 0 Å². The Hall–Kier alpha value is -3.49. The van der Waals surface area contributed by atoms with E-state index in [0.717, 1.165) is 12.1 Å². The molecule has 0 fully saturated rings. The number of hydrogen-bond donors (Lipinski definition) is 2. The number of amides is 1. The van der Waals surface area contributed by atoms with Crippen LogP contribution in [-0.4, -0.2) is 15.9 Å². The fraction of sp³-hybridized carbons (Fsp3) is 0.0556. The van der Waals surface area contributed by atoms with Gasteiger partial charge in [0.15, 0.2) is 0 Å². The molecule has 0 spiro atoms. The van der Waals surface area contributed by atoms with Crippen molar-refractivity contribution in [2.45, 2.75) is 6.18 Å². The van der Waals surface area contributed by atoms with Crippen LogP contribution < -0.4 is 10.6 Å². The number of nitrogens with zero attached hydrogens (tertiary/aromatic N) is 2. The van der Waals surface area contributed by atoms with Gasteiger partial charge in [-0.25, -0.2) is 14.4 Å². The van der Waals surface area contributed by atoms with Gasteiger partial charge in [0.1, 0.15) is 5.82 Å². The smallest absolute Gasteiger partial charge is 0.324 e. The second kappa shape index (κ2) is 7.40. The summed E-state index contributed by atoms with van der Waals surface area (Å²) in [6, 6.07) is 9.80. The van der Waals surface area contributed by atoms with E-state index in [4.69, 9.17) is 0 Å². The lowest BCUT2D eigenvalue weighted by atomic mass is 10.2. The number of carbonyl (C=O) groups is 1. The molecule has 1 aromatic heterocycles. The minimum Gasteiger partial charge on any atom is -0.324 e. The van der Waals surface area contributed by atoms with Crippen molar-refractivity contribution < 1.29 is 22.4 Å². The SMILES string of the molecule is O=C(Nc1cccc(C(F)(F)F)c1)c1cnc(Nc2ccc(F)cc2)nc1. The van der Waals surface area contributed by atoms with Crippen LogP contribution >= 0.6 is 0 Å². The highest BCUT2D eigenvalue weighted by molar-refractivity contribution is 6.03. The molecule has 0 aliphatic carbocycles. The fourth-order valence-electron chi connectivity index (χ4n) is 2.15. The third kappa shape index (κ3) is 4.78. The van der Waals surface area contributed by atoms with Gasteiger partial charge in [0.2, 0.25) is 5.95 Å². The highest BCUT2D eigenvalue weighted by atomic mass is 19.4. The molecule has 0 bridgehead atoms. The van der Waals surface area contributed by atoms with Gasteiger partial charge in [0.05, 0.1) is 11.1 Å². The first-order chi connectivity index (χ1) is 12.8. The zero-order valence-corrected chi connectivity index (χ0v) is 13.6. The van der Waals surface area contributed by atoms with Crippen molar-refractivity contribution in [2.75, 3.05) is 10.6 Å². The largest absolute Gasteiger partial charge is 0.416 e. The number of benzene rings is 2. The molecule has 3 aromatic rings. The van der Waals surface area contributed by atoms with Crippen LogP contribution in [0.25, 0.3) is 0 Å². The van der Waals surface area contributed by atoms with E-state index in [1.165, 1.54) is 48.8 Å².